The van der Waals surface area contributed by atoms with Crippen LogP contribution in [0.4, 0.5) is 0 Å². The predicted molar refractivity (Wildman–Crippen MR) is 39.1 cm³/mol. The van der Waals surface area contributed by atoms with Gasteiger partial charge in [-0.15, -0.1) is 12.4 Å². The first kappa shape index (κ1) is 10.6. The van der Waals surface area contributed by atoms with Crippen LogP contribution >= 0.6 is 25.2 Å². The SMILES string of the molecule is CC[C@H](C)NS.Cl. The first-order valence-electron chi connectivity index (χ1n) is 2.20. The Hall–Kier alpha value is 0.600. The van der Waals surface area contributed by atoms with Gasteiger partial charge in [0, 0.05) is 6.04 Å². The summed E-state index contributed by atoms with van der Waals surface area (Å²) in [5.41, 5.74) is 0. The molecule has 0 radical (unpaired) electrons. The van der Waals surface area contributed by atoms with Gasteiger partial charge in [-0.2, -0.15) is 0 Å². The second-order valence-corrected chi connectivity index (χ2v) is 1.70. The minimum Gasteiger partial charge on any atom is -0.264 e. The molecule has 46 valence electrons. The van der Waals surface area contributed by atoms with E-state index in [2.05, 4.69) is 31.4 Å². The van der Waals surface area contributed by atoms with Crippen LogP contribution in [-0.2, 0) is 0 Å². The maximum atomic E-state index is 3.85. The van der Waals surface area contributed by atoms with Crippen molar-refractivity contribution in [2.45, 2.75) is 26.3 Å². The summed E-state index contributed by atoms with van der Waals surface area (Å²) >= 11 is 3.85. The highest BCUT2D eigenvalue weighted by molar-refractivity contribution is 7.78. The van der Waals surface area contributed by atoms with E-state index in [0.29, 0.717) is 6.04 Å². The Kier molecular flexibility index (Phi) is 9.95. The zero-order valence-electron chi connectivity index (χ0n) is 4.64. The molecule has 0 bridgehead atoms. The molecule has 0 aliphatic heterocycles. The van der Waals surface area contributed by atoms with Crippen molar-refractivity contribution in [1.82, 2.24) is 4.72 Å². The van der Waals surface area contributed by atoms with Gasteiger partial charge in [-0.1, -0.05) is 19.7 Å². The third-order valence-electron chi connectivity index (χ3n) is 0.833. The van der Waals surface area contributed by atoms with E-state index in [-0.39, 0.29) is 12.4 Å². The molecule has 0 saturated carbocycles. The molecular formula is C4H12ClNS. The van der Waals surface area contributed by atoms with E-state index in [4.69, 9.17) is 0 Å². The van der Waals surface area contributed by atoms with Crippen molar-refractivity contribution < 1.29 is 0 Å². The largest absolute Gasteiger partial charge is 0.264 e. The summed E-state index contributed by atoms with van der Waals surface area (Å²) in [5.74, 6) is 0. The summed E-state index contributed by atoms with van der Waals surface area (Å²) in [6, 6.07) is 0.549. The first-order chi connectivity index (χ1) is 2.81. The lowest BCUT2D eigenvalue weighted by molar-refractivity contribution is 0.672. The van der Waals surface area contributed by atoms with Crippen LogP contribution in [0.1, 0.15) is 20.3 Å². The number of hydrogen-bond acceptors (Lipinski definition) is 2. The molecule has 0 spiro atoms. The Morgan fingerprint density at radius 3 is 2.14 bits per heavy atom. The third kappa shape index (κ3) is 6.60. The Bertz CT molecular complexity index is 30.9. The number of halogens is 1. The molecule has 0 aromatic carbocycles. The van der Waals surface area contributed by atoms with Crippen LogP contribution in [0.15, 0.2) is 0 Å². The minimum atomic E-state index is 0. The average molecular weight is 142 g/mol. The molecule has 0 saturated heterocycles. The van der Waals surface area contributed by atoms with E-state index in [1.807, 2.05) is 0 Å². The van der Waals surface area contributed by atoms with Crippen molar-refractivity contribution in [3.63, 3.8) is 0 Å². The highest BCUT2D eigenvalue weighted by Crippen LogP contribution is 1.85. The first-order valence-corrected chi connectivity index (χ1v) is 2.65. The maximum absolute atomic E-state index is 3.85. The lowest BCUT2D eigenvalue weighted by Crippen LogP contribution is -2.13. The molecule has 1 atom stereocenters. The molecule has 1 nitrogen and oxygen atoms in total. The van der Waals surface area contributed by atoms with Gasteiger partial charge in [0.05, 0.1) is 0 Å². The van der Waals surface area contributed by atoms with Gasteiger partial charge in [0.25, 0.3) is 0 Å². The molecule has 3 heteroatoms. The topological polar surface area (TPSA) is 12.0 Å². The van der Waals surface area contributed by atoms with E-state index >= 15 is 0 Å². The Morgan fingerprint density at radius 1 is 1.71 bits per heavy atom. The van der Waals surface area contributed by atoms with Gasteiger partial charge in [-0.05, 0) is 13.3 Å². The standard InChI is InChI=1S/C4H11NS.ClH/c1-3-4(2)5-6;/h4-6H,3H2,1-2H3;1H/t4-;/m0./s1. The van der Waals surface area contributed by atoms with Crippen molar-refractivity contribution in [2.24, 2.45) is 0 Å². The van der Waals surface area contributed by atoms with E-state index in [1.54, 1.807) is 0 Å². The molecule has 0 heterocycles. The minimum absolute atomic E-state index is 0. The van der Waals surface area contributed by atoms with E-state index in [9.17, 15) is 0 Å². The number of hydrogen-bond donors (Lipinski definition) is 2. The second-order valence-electron chi connectivity index (χ2n) is 1.44. The monoisotopic (exact) mass is 141 g/mol. The quantitative estimate of drug-likeness (QED) is 0.558. The van der Waals surface area contributed by atoms with Crippen molar-refractivity contribution in [3.8, 4) is 0 Å². The molecule has 0 aromatic heterocycles. The molecule has 0 aliphatic carbocycles. The molecule has 7 heavy (non-hydrogen) atoms. The summed E-state index contributed by atoms with van der Waals surface area (Å²) < 4.78 is 2.81. The van der Waals surface area contributed by atoms with Crippen molar-refractivity contribution >= 4 is 25.2 Å². The summed E-state index contributed by atoms with van der Waals surface area (Å²) in [7, 11) is 0. The smallest absolute Gasteiger partial charge is 0.0138 e. The van der Waals surface area contributed by atoms with Gasteiger partial charge in [0.2, 0.25) is 0 Å². The van der Waals surface area contributed by atoms with Crippen molar-refractivity contribution in [3.05, 3.63) is 0 Å². The van der Waals surface area contributed by atoms with Crippen LogP contribution in [0.25, 0.3) is 0 Å². The van der Waals surface area contributed by atoms with E-state index in [0.717, 1.165) is 6.42 Å². The molecule has 0 fully saturated rings. The molecule has 1 N–H and O–H groups in total. The van der Waals surface area contributed by atoms with Crippen molar-refractivity contribution in [1.29, 1.82) is 0 Å². The number of rotatable bonds is 2. The molecule has 0 aliphatic rings. The Labute approximate surface area is 56.8 Å². The lowest BCUT2D eigenvalue weighted by atomic mass is 10.3. The fraction of sp³-hybridized carbons (Fsp3) is 1.00. The molecule has 0 amide bonds. The average Bonchev–Trinajstić information content (AvgIpc) is 1.65. The summed E-state index contributed by atoms with van der Waals surface area (Å²) in [5, 5.41) is 0. The van der Waals surface area contributed by atoms with Crippen LogP contribution < -0.4 is 4.72 Å². The molecule has 0 aromatic rings. The summed E-state index contributed by atoms with van der Waals surface area (Å²) in [6.45, 7) is 4.21. The third-order valence-corrected chi connectivity index (χ3v) is 1.27. The molecule has 0 rings (SSSR count). The fourth-order valence-corrected chi connectivity index (χ4v) is 0.274. The van der Waals surface area contributed by atoms with Gasteiger partial charge in [0.15, 0.2) is 0 Å². The Balaban J connectivity index is 0. The number of thiol groups is 1. The van der Waals surface area contributed by atoms with Crippen LogP contribution in [0.2, 0.25) is 0 Å². The van der Waals surface area contributed by atoms with Gasteiger partial charge in [-0.3, -0.25) is 4.72 Å². The number of nitrogens with one attached hydrogen (secondary N) is 1. The predicted octanol–water partition coefficient (Wildman–Crippen LogP) is 1.64. The summed E-state index contributed by atoms with van der Waals surface area (Å²) in [6.07, 6.45) is 1.14. The fourth-order valence-electron chi connectivity index (χ4n) is 0.0913. The highest BCUT2D eigenvalue weighted by atomic mass is 35.5. The Morgan fingerprint density at radius 2 is 2.14 bits per heavy atom. The second kappa shape index (κ2) is 6.60. The van der Waals surface area contributed by atoms with Crippen LogP contribution in [-0.4, -0.2) is 6.04 Å². The van der Waals surface area contributed by atoms with Gasteiger partial charge >= 0.3 is 0 Å². The van der Waals surface area contributed by atoms with Crippen molar-refractivity contribution in [2.75, 3.05) is 0 Å². The van der Waals surface area contributed by atoms with Gasteiger partial charge < -0.3 is 0 Å². The van der Waals surface area contributed by atoms with Crippen LogP contribution in [0.3, 0.4) is 0 Å². The lowest BCUT2D eigenvalue weighted by Gasteiger charge is -2.01. The zero-order chi connectivity index (χ0) is 4.99. The maximum Gasteiger partial charge on any atom is 0.0138 e. The molecular weight excluding hydrogens is 130 g/mol. The highest BCUT2D eigenvalue weighted by Gasteiger charge is 1.87. The van der Waals surface area contributed by atoms with E-state index < -0.39 is 0 Å². The van der Waals surface area contributed by atoms with Crippen LogP contribution in [0.5, 0.6) is 0 Å². The van der Waals surface area contributed by atoms with Crippen LogP contribution in [0, 0.1) is 0 Å². The van der Waals surface area contributed by atoms with Gasteiger partial charge in [0.1, 0.15) is 0 Å². The molecule has 0 unspecified atom stereocenters. The normalized spacial score (nSPS) is 12.4. The summed E-state index contributed by atoms with van der Waals surface area (Å²) in [4.78, 5) is 0. The van der Waals surface area contributed by atoms with Gasteiger partial charge in [-0.25, -0.2) is 0 Å². The zero-order valence-corrected chi connectivity index (χ0v) is 6.35. The van der Waals surface area contributed by atoms with E-state index in [1.165, 1.54) is 0 Å².